The second-order valence-corrected chi connectivity index (χ2v) is 5.44. The summed E-state index contributed by atoms with van der Waals surface area (Å²) < 4.78 is 4.94. The third kappa shape index (κ3) is 5.06. The number of thioether (sulfide) groups is 1. The number of ether oxygens (including phenoxy) is 1. The van der Waals surface area contributed by atoms with Gasteiger partial charge in [-0.1, -0.05) is 6.92 Å². The molecule has 0 spiro atoms. The lowest BCUT2D eigenvalue weighted by Crippen LogP contribution is -2.20. The molecule has 0 bridgehead atoms. The summed E-state index contributed by atoms with van der Waals surface area (Å²) in [5, 5.41) is 3.22. The predicted molar refractivity (Wildman–Crippen MR) is 78.8 cm³/mol. The van der Waals surface area contributed by atoms with Crippen LogP contribution in [0.4, 0.5) is 5.95 Å². The van der Waals surface area contributed by atoms with Gasteiger partial charge in [0.2, 0.25) is 5.95 Å². The molecule has 1 aromatic rings. The molecule has 0 aliphatic carbocycles. The third-order valence-electron chi connectivity index (χ3n) is 2.42. The third-order valence-corrected chi connectivity index (χ3v) is 3.57. The van der Waals surface area contributed by atoms with Crippen LogP contribution in [0.3, 0.4) is 0 Å². The summed E-state index contributed by atoms with van der Waals surface area (Å²) in [6, 6.07) is 0.290. The number of aromatic nitrogens is 2. The molecule has 0 fully saturated rings. The zero-order chi connectivity index (χ0) is 14.3. The van der Waals surface area contributed by atoms with Gasteiger partial charge in [-0.2, -0.15) is 11.8 Å². The summed E-state index contributed by atoms with van der Waals surface area (Å²) in [4.78, 5) is 20.1. The molecule has 6 heteroatoms. The first-order chi connectivity index (χ1) is 9.08. The average Bonchev–Trinajstić information content (AvgIpc) is 2.36. The maximum atomic E-state index is 11.6. The number of esters is 1. The molecule has 1 N–H and O–H groups in total. The van der Waals surface area contributed by atoms with E-state index in [9.17, 15) is 4.79 Å². The molecule has 5 nitrogen and oxygen atoms in total. The van der Waals surface area contributed by atoms with Gasteiger partial charge in [0.25, 0.3) is 0 Å². The highest BCUT2D eigenvalue weighted by Gasteiger charge is 2.13. The Balaban J connectivity index is 2.68. The monoisotopic (exact) mass is 283 g/mol. The van der Waals surface area contributed by atoms with Gasteiger partial charge in [0.15, 0.2) is 0 Å². The minimum Gasteiger partial charge on any atom is -0.462 e. The van der Waals surface area contributed by atoms with Crippen molar-refractivity contribution in [2.75, 3.05) is 23.4 Å². The Morgan fingerprint density at radius 1 is 1.53 bits per heavy atom. The number of hydrogen-bond donors (Lipinski definition) is 1. The number of nitrogens with one attached hydrogen (secondary N) is 1. The van der Waals surface area contributed by atoms with Gasteiger partial charge in [-0.25, -0.2) is 14.8 Å². The Hall–Kier alpha value is -1.30. The molecule has 0 aliphatic heterocycles. The van der Waals surface area contributed by atoms with Crippen LogP contribution in [-0.2, 0) is 4.74 Å². The van der Waals surface area contributed by atoms with E-state index in [1.165, 1.54) is 6.20 Å². The fourth-order valence-corrected chi connectivity index (χ4v) is 2.18. The Morgan fingerprint density at radius 2 is 2.26 bits per heavy atom. The van der Waals surface area contributed by atoms with Gasteiger partial charge in [0.1, 0.15) is 0 Å². The van der Waals surface area contributed by atoms with Gasteiger partial charge in [-0.3, -0.25) is 0 Å². The number of aryl methyl sites for hydroxylation is 1. The molecule has 0 saturated heterocycles. The Kier molecular flexibility index (Phi) is 6.62. The van der Waals surface area contributed by atoms with Crippen molar-refractivity contribution in [2.45, 2.75) is 33.7 Å². The average molecular weight is 283 g/mol. The molecular weight excluding hydrogens is 262 g/mol. The number of rotatable bonds is 7. The van der Waals surface area contributed by atoms with E-state index in [4.69, 9.17) is 4.74 Å². The second-order valence-electron chi connectivity index (χ2n) is 4.12. The zero-order valence-corrected chi connectivity index (χ0v) is 12.7. The van der Waals surface area contributed by atoms with Crippen molar-refractivity contribution >= 4 is 23.7 Å². The molecule has 0 saturated carbocycles. The molecule has 1 heterocycles. The summed E-state index contributed by atoms with van der Waals surface area (Å²) >= 11 is 1.86. The number of hydrogen-bond acceptors (Lipinski definition) is 6. The first-order valence-corrected chi connectivity index (χ1v) is 7.59. The van der Waals surface area contributed by atoms with Crippen molar-refractivity contribution in [3.8, 4) is 0 Å². The quantitative estimate of drug-likeness (QED) is 0.776. The van der Waals surface area contributed by atoms with Crippen molar-refractivity contribution in [2.24, 2.45) is 0 Å². The molecule has 1 rings (SSSR count). The zero-order valence-electron chi connectivity index (χ0n) is 11.9. The van der Waals surface area contributed by atoms with E-state index >= 15 is 0 Å². The lowest BCUT2D eigenvalue weighted by Gasteiger charge is -2.13. The summed E-state index contributed by atoms with van der Waals surface area (Å²) in [5.74, 6) is 2.27. The number of carbonyl (C=O) groups excluding carboxylic acids is 1. The van der Waals surface area contributed by atoms with Gasteiger partial charge >= 0.3 is 5.97 Å². The van der Waals surface area contributed by atoms with Crippen LogP contribution >= 0.6 is 11.8 Å². The number of carbonyl (C=O) groups is 1. The van der Waals surface area contributed by atoms with Crippen LogP contribution in [0.2, 0.25) is 0 Å². The van der Waals surface area contributed by atoms with Crippen LogP contribution in [0.15, 0.2) is 6.20 Å². The van der Waals surface area contributed by atoms with E-state index in [2.05, 4.69) is 29.1 Å². The van der Waals surface area contributed by atoms with E-state index in [0.717, 1.165) is 11.5 Å². The lowest BCUT2D eigenvalue weighted by molar-refractivity contribution is 0.0524. The smallest absolute Gasteiger partial charge is 0.341 e. The topological polar surface area (TPSA) is 64.1 Å². The second kappa shape index (κ2) is 7.99. The van der Waals surface area contributed by atoms with E-state index < -0.39 is 0 Å². The van der Waals surface area contributed by atoms with Gasteiger partial charge < -0.3 is 10.1 Å². The summed E-state index contributed by atoms with van der Waals surface area (Å²) in [6.45, 7) is 8.12. The number of anilines is 1. The first kappa shape index (κ1) is 15.8. The van der Waals surface area contributed by atoms with Crippen molar-refractivity contribution in [1.82, 2.24) is 9.97 Å². The maximum Gasteiger partial charge on any atom is 0.341 e. The molecule has 0 amide bonds. The van der Waals surface area contributed by atoms with Crippen LogP contribution in [-0.4, -0.2) is 40.1 Å². The summed E-state index contributed by atoms with van der Waals surface area (Å²) in [5.41, 5.74) is 1.05. The SMILES string of the molecule is CCOC(=O)c1cnc(NC(C)CSCC)nc1C. The number of nitrogens with zero attached hydrogens (tertiary/aromatic N) is 2. The molecule has 106 valence electrons. The van der Waals surface area contributed by atoms with E-state index in [1.807, 2.05) is 11.8 Å². The fourth-order valence-electron chi connectivity index (χ4n) is 1.50. The van der Waals surface area contributed by atoms with Crippen LogP contribution in [0, 0.1) is 6.92 Å². The van der Waals surface area contributed by atoms with Gasteiger partial charge in [-0.05, 0) is 26.5 Å². The van der Waals surface area contributed by atoms with Gasteiger partial charge in [-0.15, -0.1) is 0 Å². The van der Waals surface area contributed by atoms with Crippen molar-refractivity contribution in [3.05, 3.63) is 17.5 Å². The minimum atomic E-state index is -0.374. The molecule has 0 aromatic carbocycles. The molecule has 1 unspecified atom stereocenters. The van der Waals surface area contributed by atoms with Crippen LogP contribution in [0.1, 0.15) is 36.8 Å². The highest BCUT2D eigenvalue weighted by molar-refractivity contribution is 7.99. The Bertz CT molecular complexity index is 426. The molecule has 1 atom stereocenters. The minimum absolute atomic E-state index is 0.290. The van der Waals surface area contributed by atoms with Crippen molar-refractivity contribution in [3.63, 3.8) is 0 Å². The standard InChI is InChI=1S/C13H21N3O2S/c1-5-18-12(17)11-7-14-13(16-10(11)4)15-9(3)8-19-6-2/h7,9H,5-6,8H2,1-4H3,(H,14,15,16). The van der Waals surface area contributed by atoms with Gasteiger partial charge in [0.05, 0.1) is 17.9 Å². The highest BCUT2D eigenvalue weighted by Crippen LogP contribution is 2.11. The largest absolute Gasteiger partial charge is 0.462 e. The van der Waals surface area contributed by atoms with E-state index in [0.29, 0.717) is 23.8 Å². The van der Waals surface area contributed by atoms with Gasteiger partial charge in [0, 0.05) is 18.0 Å². The molecule has 19 heavy (non-hydrogen) atoms. The Morgan fingerprint density at radius 3 is 2.84 bits per heavy atom. The maximum absolute atomic E-state index is 11.6. The van der Waals surface area contributed by atoms with Crippen LogP contribution in [0.25, 0.3) is 0 Å². The molecule has 0 radical (unpaired) electrons. The van der Waals surface area contributed by atoms with Crippen molar-refractivity contribution in [1.29, 1.82) is 0 Å². The Labute approximate surface area is 118 Å². The fraction of sp³-hybridized carbons (Fsp3) is 0.615. The van der Waals surface area contributed by atoms with Crippen molar-refractivity contribution < 1.29 is 9.53 Å². The van der Waals surface area contributed by atoms with Crippen LogP contribution in [0.5, 0.6) is 0 Å². The lowest BCUT2D eigenvalue weighted by atomic mass is 10.2. The van der Waals surface area contributed by atoms with Crippen LogP contribution < -0.4 is 5.32 Å². The normalized spacial score (nSPS) is 12.0. The first-order valence-electron chi connectivity index (χ1n) is 6.43. The highest BCUT2D eigenvalue weighted by atomic mass is 32.2. The molecule has 0 aliphatic rings. The van der Waals surface area contributed by atoms with E-state index in [1.54, 1.807) is 13.8 Å². The summed E-state index contributed by atoms with van der Waals surface area (Å²) in [7, 11) is 0. The molecular formula is C13H21N3O2S. The molecule has 1 aromatic heterocycles. The predicted octanol–water partition coefficient (Wildman–Crippen LogP) is 2.52. The van der Waals surface area contributed by atoms with E-state index in [-0.39, 0.29) is 12.0 Å². The summed E-state index contributed by atoms with van der Waals surface area (Å²) in [6.07, 6.45) is 1.52.